The van der Waals surface area contributed by atoms with Crippen LogP contribution in [0.5, 0.6) is 5.75 Å². The maximum Gasteiger partial charge on any atom is 0.251 e. The largest absolute Gasteiger partial charge is 0.494 e. The number of para-hydroxylation sites is 3. The third-order valence-corrected chi connectivity index (χ3v) is 5.51. The van der Waals surface area contributed by atoms with E-state index in [2.05, 4.69) is 31.9 Å². The van der Waals surface area contributed by atoms with Crippen molar-refractivity contribution in [2.24, 2.45) is 0 Å². The molecule has 0 saturated carbocycles. The van der Waals surface area contributed by atoms with E-state index < -0.39 is 0 Å². The summed E-state index contributed by atoms with van der Waals surface area (Å²) in [5.41, 5.74) is 2.64. The highest BCUT2D eigenvalue weighted by Crippen LogP contribution is 2.18. The van der Waals surface area contributed by atoms with Crippen LogP contribution < -0.4 is 10.1 Å². The second-order valence-electron chi connectivity index (χ2n) is 7.23. The minimum Gasteiger partial charge on any atom is -0.494 e. The van der Waals surface area contributed by atoms with E-state index in [-0.39, 0.29) is 5.91 Å². The highest BCUT2D eigenvalue weighted by atomic mass is 79.9. The number of carbonyl (C=O) groups is 1. The predicted octanol–water partition coefficient (Wildman–Crippen LogP) is 5.59. The molecule has 6 heteroatoms. The highest BCUT2D eigenvalue weighted by Gasteiger charge is 2.12. The van der Waals surface area contributed by atoms with Crippen LogP contribution in [0.1, 0.15) is 29.0 Å². The van der Waals surface area contributed by atoms with Crippen molar-refractivity contribution in [3.05, 3.63) is 94.7 Å². The quantitative estimate of drug-likeness (QED) is 0.319. The third-order valence-electron chi connectivity index (χ3n) is 5.02. The minimum atomic E-state index is -0.115. The van der Waals surface area contributed by atoms with E-state index >= 15 is 0 Å². The Morgan fingerprint density at radius 3 is 2.61 bits per heavy atom. The van der Waals surface area contributed by atoms with Gasteiger partial charge in [0.1, 0.15) is 11.6 Å². The molecule has 1 heterocycles. The van der Waals surface area contributed by atoms with E-state index in [1.54, 1.807) is 6.07 Å². The first-order chi connectivity index (χ1) is 15.2. The topological polar surface area (TPSA) is 56.2 Å². The molecule has 0 aliphatic rings. The average molecular weight is 478 g/mol. The fourth-order valence-electron chi connectivity index (χ4n) is 3.48. The van der Waals surface area contributed by atoms with Gasteiger partial charge in [0.05, 0.1) is 24.2 Å². The third kappa shape index (κ3) is 5.52. The number of unbranched alkanes of at least 4 members (excludes halogenated alkanes) is 1. The molecule has 4 aromatic rings. The van der Waals surface area contributed by atoms with E-state index in [1.165, 1.54) is 0 Å². The van der Waals surface area contributed by atoms with Crippen LogP contribution in [0.3, 0.4) is 0 Å². The normalized spacial score (nSPS) is 10.9. The molecule has 0 aliphatic carbocycles. The molecule has 5 nitrogen and oxygen atoms in total. The van der Waals surface area contributed by atoms with Gasteiger partial charge in [-0.15, -0.1) is 0 Å². The summed E-state index contributed by atoms with van der Waals surface area (Å²) in [6.45, 7) is 1.87. The Kier molecular flexibility index (Phi) is 6.99. The summed E-state index contributed by atoms with van der Waals surface area (Å²) < 4.78 is 8.87. The van der Waals surface area contributed by atoms with Crippen molar-refractivity contribution in [3.8, 4) is 5.75 Å². The number of nitrogens with one attached hydrogen (secondary N) is 1. The molecule has 0 unspecified atom stereocenters. The summed E-state index contributed by atoms with van der Waals surface area (Å²) in [5, 5.41) is 3.00. The molecule has 0 saturated heterocycles. The van der Waals surface area contributed by atoms with Gasteiger partial charge in [-0.25, -0.2) is 4.98 Å². The lowest BCUT2D eigenvalue weighted by Crippen LogP contribution is -2.24. The van der Waals surface area contributed by atoms with Gasteiger partial charge in [-0.2, -0.15) is 0 Å². The molecule has 0 fully saturated rings. The molecule has 1 N–H and O–H groups in total. The molecular weight excluding hydrogens is 454 g/mol. The Morgan fingerprint density at radius 2 is 1.77 bits per heavy atom. The van der Waals surface area contributed by atoms with Crippen LogP contribution in [0.25, 0.3) is 11.0 Å². The van der Waals surface area contributed by atoms with Crippen molar-refractivity contribution in [1.82, 2.24) is 14.9 Å². The van der Waals surface area contributed by atoms with E-state index in [0.717, 1.165) is 46.5 Å². The van der Waals surface area contributed by atoms with Gasteiger partial charge in [-0.1, -0.05) is 52.3 Å². The summed E-state index contributed by atoms with van der Waals surface area (Å²) in [7, 11) is 0. The van der Waals surface area contributed by atoms with Crippen molar-refractivity contribution >= 4 is 32.9 Å². The van der Waals surface area contributed by atoms with Gasteiger partial charge in [0.15, 0.2) is 0 Å². The van der Waals surface area contributed by atoms with Crippen molar-refractivity contribution < 1.29 is 9.53 Å². The van der Waals surface area contributed by atoms with Crippen LogP contribution >= 0.6 is 15.9 Å². The van der Waals surface area contributed by atoms with E-state index in [9.17, 15) is 4.79 Å². The first-order valence-electron chi connectivity index (χ1n) is 10.4. The molecule has 0 spiro atoms. The summed E-state index contributed by atoms with van der Waals surface area (Å²) in [6, 6.07) is 25.3. The summed E-state index contributed by atoms with van der Waals surface area (Å²) in [4.78, 5) is 17.3. The van der Waals surface area contributed by atoms with Crippen molar-refractivity contribution in [1.29, 1.82) is 0 Å². The van der Waals surface area contributed by atoms with Crippen LogP contribution in [-0.2, 0) is 13.1 Å². The summed E-state index contributed by atoms with van der Waals surface area (Å²) >= 11 is 3.41. The van der Waals surface area contributed by atoms with Crippen molar-refractivity contribution in [2.45, 2.75) is 25.9 Å². The van der Waals surface area contributed by atoms with E-state index in [0.29, 0.717) is 18.7 Å². The molecule has 4 rings (SSSR count). The standard InChI is InChI=1S/C25H24BrN3O2/c26-20-10-8-9-19(17-20)25(30)27-18-24-28-22-13-4-5-14-23(22)29(24)15-6-7-16-31-21-11-2-1-3-12-21/h1-5,8-14,17H,6-7,15-16,18H2,(H,27,30). The number of hydrogen-bond acceptors (Lipinski definition) is 3. The van der Waals surface area contributed by atoms with Crippen LogP contribution in [-0.4, -0.2) is 22.1 Å². The Hall–Kier alpha value is -3.12. The van der Waals surface area contributed by atoms with Gasteiger partial charge in [0, 0.05) is 16.6 Å². The number of halogens is 1. The average Bonchev–Trinajstić information content (AvgIpc) is 3.15. The fraction of sp³-hybridized carbons (Fsp3) is 0.200. The maximum atomic E-state index is 12.5. The van der Waals surface area contributed by atoms with Gasteiger partial charge in [0.25, 0.3) is 5.91 Å². The van der Waals surface area contributed by atoms with Gasteiger partial charge < -0.3 is 14.6 Å². The zero-order chi connectivity index (χ0) is 21.5. The molecule has 1 amide bonds. The number of rotatable bonds is 9. The van der Waals surface area contributed by atoms with Gasteiger partial charge in [-0.3, -0.25) is 4.79 Å². The SMILES string of the molecule is O=C(NCc1nc2ccccc2n1CCCCOc1ccccc1)c1cccc(Br)c1. The van der Waals surface area contributed by atoms with Gasteiger partial charge in [0.2, 0.25) is 0 Å². The Bertz CT molecular complexity index is 1160. The zero-order valence-electron chi connectivity index (χ0n) is 17.1. The smallest absolute Gasteiger partial charge is 0.251 e. The lowest BCUT2D eigenvalue weighted by atomic mass is 10.2. The minimum absolute atomic E-state index is 0.115. The Labute approximate surface area is 190 Å². The monoisotopic (exact) mass is 477 g/mol. The van der Waals surface area contributed by atoms with E-state index in [4.69, 9.17) is 9.72 Å². The molecule has 0 atom stereocenters. The number of carbonyl (C=O) groups excluding carboxylic acids is 1. The molecule has 1 aromatic heterocycles. The van der Waals surface area contributed by atoms with Crippen molar-refractivity contribution in [2.75, 3.05) is 6.61 Å². The second kappa shape index (κ2) is 10.3. The highest BCUT2D eigenvalue weighted by molar-refractivity contribution is 9.10. The van der Waals surface area contributed by atoms with E-state index in [1.807, 2.05) is 66.7 Å². The molecule has 158 valence electrons. The van der Waals surface area contributed by atoms with Gasteiger partial charge >= 0.3 is 0 Å². The first kappa shape index (κ1) is 21.1. The number of benzene rings is 3. The number of ether oxygens (including phenoxy) is 1. The van der Waals surface area contributed by atoms with Crippen LogP contribution in [0.2, 0.25) is 0 Å². The maximum absolute atomic E-state index is 12.5. The number of nitrogens with zero attached hydrogens (tertiary/aromatic N) is 2. The lowest BCUT2D eigenvalue weighted by molar-refractivity contribution is 0.0949. The molecular formula is C25H24BrN3O2. The number of hydrogen-bond donors (Lipinski definition) is 1. The van der Waals surface area contributed by atoms with Gasteiger partial charge in [-0.05, 0) is 55.3 Å². The molecule has 0 radical (unpaired) electrons. The van der Waals surface area contributed by atoms with Crippen LogP contribution in [0.4, 0.5) is 0 Å². The summed E-state index contributed by atoms with van der Waals surface area (Å²) in [5.74, 6) is 1.64. The molecule has 31 heavy (non-hydrogen) atoms. The van der Waals surface area contributed by atoms with Crippen LogP contribution in [0.15, 0.2) is 83.3 Å². The second-order valence-corrected chi connectivity index (χ2v) is 8.15. The zero-order valence-corrected chi connectivity index (χ0v) is 18.7. The molecule has 3 aromatic carbocycles. The Morgan fingerprint density at radius 1 is 0.968 bits per heavy atom. The number of amides is 1. The number of aryl methyl sites for hydroxylation is 1. The summed E-state index contributed by atoms with van der Waals surface area (Å²) in [6.07, 6.45) is 1.89. The van der Waals surface area contributed by atoms with Crippen LogP contribution in [0, 0.1) is 0 Å². The predicted molar refractivity (Wildman–Crippen MR) is 126 cm³/mol. The molecule has 0 bridgehead atoms. The number of imidazole rings is 1. The Balaban J connectivity index is 1.39. The lowest BCUT2D eigenvalue weighted by Gasteiger charge is -2.11. The first-order valence-corrected chi connectivity index (χ1v) is 11.2. The molecule has 0 aliphatic heterocycles. The number of aromatic nitrogens is 2. The number of fused-ring (bicyclic) bond motifs is 1. The van der Waals surface area contributed by atoms with Crippen molar-refractivity contribution in [3.63, 3.8) is 0 Å². The fourth-order valence-corrected chi connectivity index (χ4v) is 3.88.